The fraction of sp³-hybridized carbons (Fsp3) is 0.400. The Kier molecular flexibility index (Phi) is 9.40. The highest BCUT2D eigenvalue weighted by molar-refractivity contribution is 14.0. The molecular weight excluding hydrogens is 439 g/mol. The molecule has 142 valence electrons. The molecule has 1 heterocycles. The molecule has 6 heteroatoms. The minimum atomic E-state index is -0.235. The lowest BCUT2D eigenvalue weighted by Gasteiger charge is -2.23. The summed E-state index contributed by atoms with van der Waals surface area (Å²) in [5.41, 5.74) is 1.80. The van der Waals surface area contributed by atoms with Gasteiger partial charge in [-0.1, -0.05) is 24.3 Å². The van der Waals surface area contributed by atoms with Crippen LogP contribution in [0, 0.1) is 0 Å². The molecule has 0 spiro atoms. The van der Waals surface area contributed by atoms with Crippen molar-refractivity contribution in [2.45, 2.75) is 46.4 Å². The Morgan fingerprint density at radius 3 is 2.46 bits per heavy atom. The molecule has 0 unspecified atom stereocenters. The third-order valence-electron chi connectivity index (χ3n) is 3.30. The van der Waals surface area contributed by atoms with E-state index in [4.69, 9.17) is 4.74 Å². The summed E-state index contributed by atoms with van der Waals surface area (Å²) in [4.78, 5) is 8.99. The van der Waals surface area contributed by atoms with Gasteiger partial charge in [0.1, 0.15) is 11.4 Å². The van der Waals surface area contributed by atoms with Gasteiger partial charge in [0, 0.05) is 18.3 Å². The fourth-order valence-electron chi connectivity index (χ4n) is 2.25. The Balaban J connectivity index is 0.00000338. The van der Waals surface area contributed by atoms with Gasteiger partial charge in [-0.05, 0) is 45.9 Å². The number of pyridine rings is 1. The maximum atomic E-state index is 6.03. The smallest absolute Gasteiger partial charge is 0.191 e. The lowest BCUT2D eigenvalue weighted by atomic mass is 10.1. The molecule has 26 heavy (non-hydrogen) atoms. The highest BCUT2D eigenvalue weighted by atomic mass is 127. The number of benzene rings is 1. The second-order valence-corrected chi connectivity index (χ2v) is 6.69. The van der Waals surface area contributed by atoms with Gasteiger partial charge in [0.15, 0.2) is 5.96 Å². The average molecular weight is 468 g/mol. The van der Waals surface area contributed by atoms with Crippen molar-refractivity contribution < 1.29 is 4.74 Å². The average Bonchev–Trinajstić information content (AvgIpc) is 2.58. The zero-order valence-corrected chi connectivity index (χ0v) is 18.3. The zero-order chi connectivity index (χ0) is 18.1. The summed E-state index contributed by atoms with van der Waals surface area (Å²) in [5, 5.41) is 6.57. The summed E-state index contributed by atoms with van der Waals surface area (Å²) in [6.07, 6.45) is 1.79. The number of halogens is 1. The summed E-state index contributed by atoms with van der Waals surface area (Å²) in [5.74, 6) is 1.64. The largest absolute Gasteiger partial charge is 0.488 e. The second-order valence-electron chi connectivity index (χ2n) is 6.69. The van der Waals surface area contributed by atoms with Crippen LogP contribution in [0.3, 0.4) is 0 Å². The molecular formula is C20H29IN4O. The Bertz CT molecular complexity index is 684. The van der Waals surface area contributed by atoms with E-state index in [0.29, 0.717) is 13.1 Å². The van der Waals surface area contributed by atoms with Crippen LogP contribution in [0.15, 0.2) is 53.7 Å². The number of nitrogens with zero attached hydrogens (tertiary/aromatic N) is 2. The molecule has 0 saturated carbocycles. The number of hydrogen-bond donors (Lipinski definition) is 2. The van der Waals surface area contributed by atoms with E-state index >= 15 is 0 Å². The van der Waals surface area contributed by atoms with Crippen molar-refractivity contribution in [3.05, 3.63) is 59.9 Å². The van der Waals surface area contributed by atoms with Crippen molar-refractivity contribution in [2.24, 2.45) is 4.99 Å². The molecule has 0 aliphatic rings. The normalized spacial score (nSPS) is 11.5. The van der Waals surface area contributed by atoms with Crippen LogP contribution in [0.4, 0.5) is 0 Å². The summed E-state index contributed by atoms with van der Waals surface area (Å²) in [7, 11) is 0. The molecule has 0 bridgehead atoms. The molecule has 0 radical (unpaired) electrons. The number of hydrogen-bond acceptors (Lipinski definition) is 3. The zero-order valence-electron chi connectivity index (χ0n) is 16.0. The number of guanidine groups is 1. The third kappa shape index (κ3) is 8.03. The van der Waals surface area contributed by atoms with Crippen molar-refractivity contribution in [1.82, 2.24) is 15.6 Å². The Hall–Kier alpha value is -1.83. The minimum Gasteiger partial charge on any atom is -0.488 e. The second kappa shape index (κ2) is 11.0. The predicted octanol–water partition coefficient (Wildman–Crippen LogP) is 4.13. The first-order valence-electron chi connectivity index (χ1n) is 8.67. The monoisotopic (exact) mass is 468 g/mol. The highest BCUT2D eigenvalue weighted by Gasteiger charge is 2.14. The lowest BCUT2D eigenvalue weighted by Crippen LogP contribution is -2.37. The number of rotatable bonds is 6. The standard InChI is InChI=1S/C20H28N4O.HI/c1-5-21-19(24-15-17-11-8-9-13-22-17)23-14-16-10-6-7-12-18(16)25-20(2,3)4;/h6-13H,5,14-15H2,1-4H3,(H2,21,23,24);1H. The molecule has 2 rings (SSSR count). The van der Waals surface area contributed by atoms with Gasteiger partial charge in [-0.2, -0.15) is 0 Å². The SMILES string of the molecule is CCNC(=NCc1ccccc1OC(C)(C)C)NCc1ccccn1.I. The highest BCUT2D eigenvalue weighted by Crippen LogP contribution is 2.23. The maximum Gasteiger partial charge on any atom is 0.191 e. The molecule has 0 atom stereocenters. The molecule has 0 amide bonds. The van der Waals surface area contributed by atoms with E-state index in [0.717, 1.165) is 29.5 Å². The lowest BCUT2D eigenvalue weighted by molar-refractivity contribution is 0.129. The minimum absolute atomic E-state index is 0. The number of aliphatic imine (C=N–C) groups is 1. The van der Waals surface area contributed by atoms with Crippen LogP contribution < -0.4 is 15.4 Å². The van der Waals surface area contributed by atoms with Crippen LogP contribution in [0.2, 0.25) is 0 Å². The van der Waals surface area contributed by atoms with Crippen LogP contribution in [0.5, 0.6) is 5.75 Å². The number of ether oxygens (including phenoxy) is 1. The Labute approximate surface area is 173 Å². The van der Waals surface area contributed by atoms with E-state index in [2.05, 4.69) is 27.5 Å². The molecule has 0 fully saturated rings. The maximum absolute atomic E-state index is 6.03. The quantitative estimate of drug-likeness (QED) is 0.380. The first-order valence-corrected chi connectivity index (χ1v) is 8.67. The van der Waals surface area contributed by atoms with E-state index in [1.165, 1.54) is 0 Å². The van der Waals surface area contributed by atoms with E-state index in [9.17, 15) is 0 Å². The summed E-state index contributed by atoms with van der Waals surface area (Å²) in [6, 6.07) is 13.9. The van der Waals surface area contributed by atoms with Gasteiger partial charge < -0.3 is 15.4 Å². The van der Waals surface area contributed by atoms with E-state index in [1.807, 2.05) is 63.2 Å². The molecule has 0 aliphatic carbocycles. The molecule has 2 N–H and O–H groups in total. The topological polar surface area (TPSA) is 58.5 Å². The van der Waals surface area contributed by atoms with Crippen LogP contribution in [0.25, 0.3) is 0 Å². The molecule has 0 saturated heterocycles. The molecule has 1 aromatic heterocycles. The molecule has 2 aromatic rings. The van der Waals surface area contributed by atoms with Gasteiger partial charge in [0.05, 0.1) is 18.8 Å². The van der Waals surface area contributed by atoms with Crippen molar-refractivity contribution >= 4 is 29.9 Å². The van der Waals surface area contributed by atoms with Gasteiger partial charge in [-0.25, -0.2) is 4.99 Å². The fourth-order valence-corrected chi connectivity index (χ4v) is 2.25. The van der Waals surface area contributed by atoms with Gasteiger partial charge in [-0.3, -0.25) is 4.98 Å². The van der Waals surface area contributed by atoms with Crippen molar-refractivity contribution in [3.63, 3.8) is 0 Å². The number of para-hydroxylation sites is 1. The summed E-state index contributed by atoms with van der Waals surface area (Å²) in [6.45, 7) is 10.2. The van der Waals surface area contributed by atoms with Crippen LogP contribution in [0.1, 0.15) is 39.0 Å². The van der Waals surface area contributed by atoms with Gasteiger partial charge >= 0.3 is 0 Å². The third-order valence-corrected chi connectivity index (χ3v) is 3.30. The van der Waals surface area contributed by atoms with Gasteiger partial charge in [0.25, 0.3) is 0 Å². The van der Waals surface area contributed by atoms with Crippen LogP contribution in [-0.2, 0) is 13.1 Å². The molecule has 0 aliphatic heterocycles. The first-order chi connectivity index (χ1) is 12.0. The van der Waals surface area contributed by atoms with Crippen LogP contribution >= 0.6 is 24.0 Å². The van der Waals surface area contributed by atoms with E-state index in [1.54, 1.807) is 6.20 Å². The van der Waals surface area contributed by atoms with Crippen LogP contribution in [-0.4, -0.2) is 23.1 Å². The summed E-state index contributed by atoms with van der Waals surface area (Å²) >= 11 is 0. The van der Waals surface area contributed by atoms with Crippen molar-refractivity contribution in [2.75, 3.05) is 6.54 Å². The Morgan fingerprint density at radius 1 is 1.08 bits per heavy atom. The first kappa shape index (κ1) is 22.2. The molecule has 1 aromatic carbocycles. The number of aromatic nitrogens is 1. The van der Waals surface area contributed by atoms with Gasteiger partial charge in [-0.15, -0.1) is 24.0 Å². The van der Waals surface area contributed by atoms with Crippen molar-refractivity contribution in [3.8, 4) is 5.75 Å². The Morgan fingerprint density at radius 2 is 1.81 bits per heavy atom. The van der Waals surface area contributed by atoms with E-state index in [-0.39, 0.29) is 29.6 Å². The van der Waals surface area contributed by atoms with E-state index < -0.39 is 0 Å². The number of nitrogens with one attached hydrogen (secondary N) is 2. The summed E-state index contributed by atoms with van der Waals surface area (Å²) < 4.78 is 6.03. The van der Waals surface area contributed by atoms with Crippen molar-refractivity contribution in [1.29, 1.82) is 0 Å². The van der Waals surface area contributed by atoms with Gasteiger partial charge in [0.2, 0.25) is 0 Å². The predicted molar refractivity (Wildman–Crippen MR) is 118 cm³/mol. The molecule has 5 nitrogen and oxygen atoms in total.